The minimum Gasteiger partial charge on any atom is -0.385 e. The summed E-state index contributed by atoms with van der Waals surface area (Å²) in [6.07, 6.45) is 5.15. The third kappa shape index (κ3) is 4.52. The van der Waals surface area contributed by atoms with Crippen LogP contribution in [0.2, 0.25) is 5.02 Å². The molecule has 0 radical (unpaired) electrons. The number of amides is 1. The normalized spacial score (nSPS) is 10.7. The molecule has 2 aromatic carbocycles. The molecule has 4 nitrogen and oxygen atoms in total. The Labute approximate surface area is 158 Å². The molecule has 0 aliphatic heterocycles. The molecule has 0 saturated carbocycles. The predicted octanol–water partition coefficient (Wildman–Crippen LogP) is 5.74. The number of anilines is 2. The molecule has 0 aliphatic carbocycles. The van der Waals surface area contributed by atoms with Gasteiger partial charge in [-0.05, 0) is 36.8 Å². The molecule has 0 unspecified atom stereocenters. The van der Waals surface area contributed by atoms with Crippen LogP contribution >= 0.6 is 11.6 Å². The number of unbranched alkanes of at least 4 members (excludes halogenated alkanes) is 2. The van der Waals surface area contributed by atoms with E-state index in [1.807, 2.05) is 36.4 Å². The van der Waals surface area contributed by atoms with Crippen molar-refractivity contribution in [2.75, 3.05) is 17.2 Å². The maximum absolute atomic E-state index is 12.5. The van der Waals surface area contributed by atoms with Crippen LogP contribution in [0.1, 0.15) is 36.5 Å². The number of carbonyl (C=O) groups is 1. The van der Waals surface area contributed by atoms with Gasteiger partial charge in [-0.15, -0.1) is 0 Å². The monoisotopic (exact) mass is 367 g/mol. The molecular formula is C21H22ClN3O. The van der Waals surface area contributed by atoms with Gasteiger partial charge in [0.15, 0.2) is 0 Å². The fraction of sp³-hybridized carbons (Fsp3) is 0.238. The fourth-order valence-electron chi connectivity index (χ4n) is 2.75. The van der Waals surface area contributed by atoms with E-state index in [-0.39, 0.29) is 5.91 Å². The molecule has 2 N–H and O–H groups in total. The number of halogens is 1. The zero-order chi connectivity index (χ0) is 18.4. The summed E-state index contributed by atoms with van der Waals surface area (Å²) in [4.78, 5) is 16.9. The molecule has 0 saturated heterocycles. The van der Waals surface area contributed by atoms with E-state index in [9.17, 15) is 4.79 Å². The van der Waals surface area contributed by atoms with Gasteiger partial charge < -0.3 is 10.6 Å². The van der Waals surface area contributed by atoms with E-state index in [4.69, 9.17) is 11.6 Å². The molecule has 0 aliphatic rings. The van der Waals surface area contributed by atoms with Gasteiger partial charge in [-0.25, -0.2) is 0 Å². The van der Waals surface area contributed by atoms with Crippen LogP contribution in [-0.2, 0) is 0 Å². The van der Waals surface area contributed by atoms with E-state index >= 15 is 0 Å². The van der Waals surface area contributed by atoms with E-state index in [0.717, 1.165) is 29.6 Å². The second kappa shape index (κ2) is 8.68. The molecular weight excluding hydrogens is 346 g/mol. The Morgan fingerprint density at radius 1 is 1.08 bits per heavy atom. The summed E-state index contributed by atoms with van der Waals surface area (Å²) in [6, 6.07) is 15.1. The van der Waals surface area contributed by atoms with Gasteiger partial charge in [-0.3, -0.25) is 9.78 Å². The van der Waals surface area contributed by atoms with Crippen molar-refractivity contribution >= 4 is 39.8 Å². The molecule has 1 heterocycles. The zero-order valence-corrected chi connectivity index (χ0v) is 15.5. The minimum absolute atomic E-state index is 0.246. The van der Waals surface area contributed by atoms with Gasteiger partial charge in [0.05, 0.1) is 28.0 Å². The van der Waals surface area contributed by atoms with Crippen molar-refractivity contribution in [3.8, 4) is 0 Å². The lowest BCUT2D eigenvalue weighted by Gasteiger charge is -2.10. The Balaban J connectivity index is 1.68. The molecule has 0 bridgehead atoms. The van der Waals surface area contributed by atoms with E-state index in [0.29, 0.717) is 16.3 Å². The number of rotatable bonds is 7. The number of benzene rings is 2. The Hall–Kier alpha value is -2.59. The first-order chi connectivity index (χ1) is 12.7. The Morgan fingerprint density at radius 3 is 2.73 bits per heavy atom. The molecule has 3 aromatic rings. The number of hydrogen-bond acceptors (Lipinski definition) is 3. The molecule has 134 valence electrons. The van der Waals surface area contributed by atoms with Crippen LogP contribution in [0.3, 0.4) is 0 Å². The molecule has 3 rings (SSSR count). The summed E-state index contributed by atoms with van der Waals surface area (Å²) >= 11 is 6.31. The van der Waals surface area contributed by atoms with E-state index in [1.165, 1.54) is 12.8 Å². The zero-order valence-electron chi connectivity index (χ0n) is 14.8. The summed E-state index contributed by atoms with van der Waals surface area (Å²) in [6.45, 7) is 3.08. The fourth-order valence-corrected chi connectivity index (χ4v) is 3.02. The number of aromatic nitrogens is 1. The molecule has 1 aromatic heterocycles. The molecule has 0 fully saturated rings. The van der Waals surface area contributed by atoms with Crippen molar-refractivity contribution in [3.05, 3.63) is 65.3 Å². The standard InChI is InChI=1S/C21H22ClN3O/c1-2-3-6-11-23-16-9-10-18(19(22)13-16)21(26)25-17-12-15-7-4-5-8-20(15)24-14-17/h4-5,7-10,12-14,23H,2-3,6,11H2,1H3,(H,25,26). The molecule has 5 heteroatoms. The number of nitrogens with zero attached hydrogens (tertiary/aromatic N) is 1. The van der Waals surface area contributed by atoms with Crippen molar-refractivity contribution < 1.29 is 4.79 Å². The third-order valence-electron chi connectivity index (χ3n) is 4.17. The summed E-state index contributed by atoms with van der Waals surface area (Å²) in [5, 5.41) is 7.60. The predicted molar refractivity (Wildman–Crippen MR) is 109 cm³/mol. The number of hydrogen-bond donors (Lipinski definition) is 2. The average molecular weight is 368 g/mol. The van der Waals surface area contributed by atoms with Gasteiger partial charge in [0.25, 0.3) is 5.91 Å². The van der Waals surface area contributed by atoms with Crippen molar-refractivity contribution in [3.63, 3.8) is 0 Å². The van der Waals surface area contributed by atoms with Gasteiger partial charge in [0.2, 0.25) is 0 Å². The lowest BCUT2D eigenvalue weighted by Crippen LogP contribution is -2.13. The molecule has 0 spiro atoms. The van der Waals surface area contributed by atoms with Gasteiger partial charge in [0.1, 0.15) is 0 Å². The molecule has 1 amide bonds. The first kappa shape index (κ1) is 18.2. The van der Waals surface area contributed by atoms with E-state index in [2.05, 4.69) is 22.5 Å². The average Bonchev–Trinajstić information content (AvgIpc) is 2.65. The van der Waals surface area contributed by atoms with E-state index < -0.39 is 0 Å². The third-order valence-corrected chi connectivity index (χ3v) is 4.48. The highest BCUT2D eigenvalue weighted by atomic mass is 35.5. The topological polar surface area (TPSA) is 54.0 Å². The Morgan fingerprint density at radius 2 is 1.92 bits per heavy atom. The van der Waals surface area contributed by atoms with Crippen LogP contribution in [0.4, 0.5) is 11.4 Å². The van der Waals surface area contributed by atoms with Crippen LogP contribution < -0.4 is 10.6 Å². The number of fused-ring (bicyclic) bond motifs is 1. The molecule has 0 atom stereocenters. The minimum atomic E-state index is -0.246. The first-order valence-corrected chi connectivity index (χ1v) is 9.24. The number of nitrogens with one attached hydrogen (secondary N) is 2. The summed E-state index contributed by atoms with van der Waals surface area (Å²) in [7, 11) is 0. The van der Waals surface area contributed by atoms with Crippen LogP contribution in [0.5, 0.6) is 0 Å². The highest BCUT2D eigenvalue weighted by molar-refractivity contribution is 6.34. The summed E-state index contributed by atoms with van der Waals surface area (Å²) in [5.74, 6) is -0.246. The van der Waals surface area contributed by atoms with Crippen LogP contribution in [0.15, 0.2) is 54.7 Å². The Bertz CT molecular complexity index is 911. The molecule has 26 heavy (non-hydrogen) atoms. The van der Waals surface area contributed by atoms with Gasteiger partial charge in [-0.1, -0.05) is 49.6 Å². The summed E-state index contributed by atoms with van der Waals surface area (Å²) < 4.78 is 0. The van der Waals surface area contributed by atoms with Crippen LogP contribution in [0.25, 0.3) is 10.9 Å². The maximum atomic E-state index is 12.5. The van der Waals surface area contributed by atoms with Gasteiger partial charge >= 0.3 is 0 Å². The van der Waals surface area contributed by atoms with Crippen molar-refractivity contribution in [1.29, 1.82) is 0 Å². The van der Waals surface area contributed by atoms with E-state index in [1.54, 1.807) is 18.3 Å². The highest BCUT2D eigenvalue weighted by Crippen LogP contribution is 2.23. The largest absolute Gasteiger partial charge is 0.385 e. The lowest BCUT2D eigenvalue weighted by atomic mass is 10.1. The van der Waals surface area contributed by atoms with Crippen molar-refractivity contribution in [2.24, 2.45) is 0 Å². The quantitative estimate of drug-likeness (QED) is 0.523. The van der Waals surface area contributed by atoms with Crippen molar-refractivity contribution in [1.82, 2.24) is 4.98 Å². The van der Waals surface area contributed by atoms with Crippen LogP contribution in [-0.4, -0.2) is 17.4 Å². The second-order valence-corrected chi connectivity index (χ2v) is 6.61. The smallest absolute Gasteiger partial charge is 0.257 e. The second-order valence-electron chi connectivity index (χ2n) is 6.20. The number of para-hydroxylation sites is 1. The maximum Gasteiger partial charge on any atom is 0.257 e. The van der Waals surface area contributed by atoms with Crippen LogP contribution in [0, 0.1) is 0 Å². The van der Waals surface area contributed by atoms with Gasteiger partial charge in [0, 0.05) is 17.6 Å². The number of carbonyl (C=O) groups excluding carboxylic acids is 1. The number of pyridine rings is 1. The summed E-state index contributed by atoms with van der Waals surface area (Å²) in [5.41, 5.74) is 2.91. The highest BCUT2D eigenvalue weighted by Gasteiger charge is 2.12. The van der Waals surface area contributed by atoms with Crippen molar-refractivity contribution in [2.45, 2.75) is 26.2 Å². The lowest BCUT2D eigenvalue weighted by molar-refractivity contribution is 0.102. The van der Waals surface area contributed by atoms with Gasteiger partial charge in [-0.2, -0.15) is 0 Å². The first-order valence-electron chi connectivity index (χ1n) is 8.87. The SMILES string of the molecule is CCCCCNc1ccc(C(=O)Nc2cnc3ccccc3c2)c(Cl)c1. The Kier molecular flexibility index (Phi) is 6.08.